The molecule has 4 heteroatoms. The van der Waals surface area contributed by atoms with Crippen LogP contribution in [0.5, 0.6) is 0 Å². The van der Waals surface area contributed by atoms with Gasteiger partial charge in [0.2, 0.25) is 11.8 Å². The summed E-state index contributed by atoms with van der Waals surface area (Å²) in [5.41, 5.74) is 0. The van der Waals surface area contributed by atoms with Crippen LogP contribution in [0.4, 0.5) is 0 Å². The van der Waals surface area contributed by atoms with Gasteiger partial charge in [-0.3, -0.25) is 9.59 Å². The van der Waals surface area contributed by atoms with Gasteiger partial charge in [-0.2, -0.15) is 0 Å². The molecule has 1 N–H and O–H groups in total. The van der Waals surface area contributed by atoms with Crippen LogP contribution >= 0.6 is 0 Å². The highest BCUT2D eigenvalue weighted by Gasteiger charge is 2.34. The van der Waals surface area contributed by atoms with E-state index in [9.17, 15) is 9.59 Å². The van der Waals surface area contributed by atoms with Gasteiger partial charge in [0.15, 0.2) is 0 Å². The minimum atomic E-state index is -0.0218. The topological polar surface area (TPSA) is 49.4 Å². The van der Waals surface area contributed by atoms with Crippen LogP contribution in [-0.4, -0.2) is 36.3 Å². The minimum absolute atomic E-state index is 0.0218. The van der Waals surface area contributed by atoms with Gasteiger partial charge in [-0.05, 0) is 19.3 Å². The third kappa shape index (κ3) is 1.99. The zero-order valence-electron chi connectivity index (χ0n) is 7.58. The Labute approximate surface area is 77.3 Å². The first-order valence-electron chi connectivity index (χ1n) is 4.83. The Morgan fingerprint density at radius 1 is 1.46 bits per heavy atom. The van der Waals surface area contributed by atoms with Crippen molar-refractivity contribution in [3.8, 4) is 0 Å². The highest BCUT2D eigenvalue weighted by atomic mass is 16.2. The van der Waals surface area contributed by atoms with Gasteiger partial charge < -0.3 is 10.2 Å². The largest absolute Gasteiger partial charge is 0.354 e. The van der Waals surface area contributed by atoms with Crippen LogP contribution in [-0.2, 0) is 9.59 Å². The zero-order valence-corrected chi connectivity index (χ0v) is 7.58. The van der Waals surface area contributed by atoms with E-state index in [0.29, 0.717) is 6.54 Å². The van der Waals surface area contributed by atoms with Gasteiger partial charge in [0.1, 0.15) is 0 Å². The molecule has 0 aromatic carbocycles. The lowest BCUT2D eigenvalue weighted by Gasteiger charge is -2.18. The number of hydrogen-bond donors (Lipinski definition) is 1. The molecule has 1 aliphatic carbocycles. The minimum Gasteiger partial charge on any atom is -0.354 e. The molecule has 1 saturated carbocycles. The lowest BCUT2D eigenvalue weighted by Crippen LogP contribution is -2.38. The molecule has 0 aromatic rings. The molecule has 4 nitrogen and oxygen atoms in total. The van der Waals surface area contributed by atoms with E-state index in [4.69, 9.17) is 0 Å². The first-order valence-corrected chi connectivity index (χ1v) is 4.83. The second kappa shape index (κ2) is 3.36. The van der Waals surface area contributed by atoms with Crippen LogP contribution in [0.25, 0.3) is 0 Å². The molecule has 0 aromatic heterocycles. The molecule has 1 heterocycles. The van der Waals surface area contributed by atoms with E-state index in [0.717, 1.165) is 25.8 Å². The van der Waals surface area contributed by atoms with E-state index in [1.165, 1.54) is 0 Å². The van der Waals surface area contributed by atoms with Crippen molar-refractivity contribution in [2.24, 2.45) is 5.92 Å². The Bertz CT molecular complexity index is 236. The summed E-state index contributed by atoms with van der Waals surface area (Å²) in [7, 11) is 0. The van der Waals surface area contributed by atoms with Gasteiger partial charge in [0.25, 0.3) is 0 Å². The quantitative estimate of drug-likeness (QED) is 0.607. The number of amides is 2. The van der Waals surface area contributed by atoms with Gasteiger partial charge in [0, 0.05) is 19.0 Å². The number of carbonyl (C=O) groups is 2. The number of nitrogens with zero attached hydrogens (tertiary/aromatic N) is 1. The lowest BCUT2D eigenvalue weighted by atomic mass is 10.3. The first kappa shape index (κ1) is 8.53. The summed E-state index contributed by atoms with van der Waals surface area (Å²) in [5.74, 6) is 0.384. The molecule has 2 rings (SSSR count). The molecule has 2 fully saturated rings. The summed E-state index contributed by atoms with van der Waals surface area (Å²) in [5, 5.41) is 2.76. The van der Waals surface area contributed by atoms with Crippen molar-refractivity contribution in [1.29, 1.82) is 0 Å². The molecule has 1 saturated heterocycles. The molecule has 1 aliphatic heterocycles. The van der Waals surface area contributed by atoms with E-state index in [2.05, 4.69) is 5.32 Å². The van der Waals surface area contributed by atoms with Crippen molar-refractivity contribution in [3.63, 3.8) is 0 Å². The molecular weight excluding hydrogens is 168 g/mol. The molecule has 0 atom stereocenters. The molecule has 0 bridgehead atoms. The molecule has 0 spiro atoms. The summed E-state index contributed by atoms with van der Waals surface area (Å²) in [6.45, 7) is 1.69. The van der Waals surface area contributed by atoms with Crippen molar-refractivity contribution in [1.82, 2.24) is 10.2 Å². The molecule has 0 unspecified atom stereocenters. The number of carbonyl (C=O) groups excluding carboxylic acids is 2. The van der Waals surface area contributed by atoms with Crippen molar-refractivity contribution in [2.45, 2.75) is 19.3 Å². The molecule has 2 aliphatic rings. The van der Waals surface area contributed by atoms with Crippen LogP contribution in [0, 0.1) is 5.92 Å². The fraction of sp³-hybridized carbons (Fsp3) is 0.778. The highest BCUT2D eigenvalue weighted by molar-refractivity contribution is 5.87. The van der Waals surface area contributed by atoms with E-state index < -0.39 is 0 Å². The number of hydrogen-bond acceptors (Lipinski definition) is 2. The average Bonchev–Trinajstić information content (AvgIpc) is 2.88. The van der Waals surface area contributed by atoms with Crippen LogP contribution in [0.1, 0.15) is 19.3 Å². The summed E-state index contributed by atoms with van der Waals surface area (Å²) < 4.78 is 0. The second-order valence-corrected chi connectivity index (χ2v) is 3.74. The van der Waals surface area contributed by atoms with E-state index >= 15 is 0 Å². The predicted octanol–water partition coefficient (Wildman–Crippen LogP) is -0.255. The fourth-order valence-corrected chi connectivity index (χ4v) is 1.58. The summed E-state index contributed by atoms with van der Waals surface area (Å²) in [6, 6.07) is 0. The van der Waals surface area contributed by atoms with E-state index in [1.807, 2.05) is 0 Å². The molecular formula is C9H14N2O2. The molecule has 0 radical (unpaired) electrons. The summed E-state index contributed by atoms with van der Waals surface area (Å²) >= 11 is 0. The summed E-state index contributed by atoms with van der Waals surface area (Å²) in [6.07, 6.45) is 2.90. The first-order chi connectivity index (χ1) is 6.27. The maximum Gasteiger partial charge on any atom is 0.239 e. The van der Waals surface area contributed by atoms with Gasteiger partial charge in [0.05, 0.1) is 6.54 Å². The van der Waals surface area contributed by atoms with Crippen LogP contribution in [0.2, 0.25) is 0 Å². The fourth-order valence-electron chi connectivity index (χ4n) is 1.58. The van der Waals surface area contributed by atoms with E-state index in [1.54, 1.807) is 4.90 Å². The number of nitrogens with one attached hydrogen (secondary N) is 1. The SMILES string of the molecule is O=C1CN(C(=O)C2CC2)CCCN1. The maximum absolute atomic E-state index is 11.6. The predicted molar refractivity (Wildman–Crippen MR) is 46.9 cm³/mol. The molecule has 2 amide bonds. The average molecular weight is 182 g/mol. The van der Waals surface area contributed by atoms with Gasteiger partial charge in [-0.15, -0.1) is 0 Å². The third-order valence-electron chi connectivity index (χ3n) is 2.50. The normalized spacial score (nSPS) is 23.7. The smallest absolute Gasteiger partial charge is 0.239 e. The van der Waals surface area contributed by atoms with E-state index in [-0.39, 0.29) is 24.3 Å². The van der Waals surface area contributed by atoms with Crippen molar-refractivity contribution >= 4 is 11.8 Å². The van der Waals surface area contributed by atoms with Crippen LogP contribution < -0.4 is 5.32 Å². The maximum atomic E-state index is 11.6. The highest BCUT2D eigenvalue weighted by Crippen LogP contribution is 2.31. The van der Waals surface area contributed by atoms with Crippen molar-refractivity contribution in [2.75, 3.05) is 19.6 Å². The monoisotopic (exact) mass is 182 g/mol. The third-order valence-corrected chi connectivity index (χ3v) is 2.50. The zero-order chi connectivity index (χ0) is 9.26. The Hall–Kier alpha value is -1.06. The van der Waals surface area contributed by atoms with Crippen LogP contribution in [0.15, 0.2) is 0 Å². The van der Waals surface area contributed by atoms with Gasteiger partial charge in [-0.25, -0.2) is 0 Å². The molecule has 13 heavy (non-hydrogen) atoms. The number of rotatable bonds is 1. The van der Waals surface area contributed by atoms with Crippen molar-refractivity contribution in [3.05, 3.63) is 0 Å². The Morgan fingerprint density at radius 3 is 2.92 bits per heavy atom. The van der Waals surface area contributed by atoms with Gasteiger partial charge >= 0.3 is 0 Å². The summed E-state index contributed by atoms with van der Waals surface area (Å²) in [4.78, 5) is 24.4. The van der Waals surface area contributed by atoms with Gasteiger partial charge in [-0.1, -0.05) is 0 Å². The second-order valence-electron chi connectivity index (χ2n) is 3.74. The Balaban J connectivity index is 1.95. The van der Waals surface area contributed by atoms with Crippen LogP contribution in [0.3, 0.4) is 0 Å². The molecule has 72 valence electrons. The van der Waals surface area contributed by atoms with Crippen molar-refractivity contribution < 1.29 is 9.59 Å². The standard InChI is InChI=1S/C9H14N2O2/c12-8-6-11(5-1-4-10-8)9(13)7-2-3-7/h7H,1-6H2,(H,10,12). The Kier molecular flexibility index (Phi) is 2.20. The Morgan fingerprint density at radius 2 is 2.23 bits per heavy atom. The lowest BCUT2D eigenvalue weighted by molar-refractivity contribution is -0.136.